The molecular weight excluding hydrogens is 271 g/mol. The first-order valence-electron chi connectivity index (χ1n) is 5.53. The maximum atomic E-state index is 10.4. The molecule has 0 saturated carbocycles. The molecule has 1 N–H and O–H groups in total. The van der Waals surface area contributed by atoms with Gasteiger partial charge in [0.2, 0.25) is 0 Å². The number of carbonyl (C=O) groups is 1. The van der Waals surface area contributed by atoms with Crippen molar-refractivity contribution >= 4 is 47.1 Å². The van der Waals surface area contributed by atoms with Crippen molar-refractivity contribution in [3.8, 4) is 0 Å². The number of alkyl halides is 1. The van der Waals surface area contributed by atoms with Gasteiger partial charge in [0, 0.05) is 35.4 Å². The summed E-state index contributed by atoms with van der Waals surface area (Å²) in [5.74, 6) is -0.571. The minimum absolute atomic E-state index is 0. The average molecular weight is 286 g/mol. The smallest absolute Gasteiger partial charge is 0.335 e. The van der Waals surface area contributed by atoms with Crippen LogP contribution in [0.2, 0.25) is 0 Å². The molecular formula is C15H15ClNaO2. The van der Waals surface area contributed by atoms with Gasteiger partial charge in [0.05, 0.1) is 5.56 Å². The van der Waals surface area contributed by atoms with Gasteiger partial charge in [0.1, 0.15) is 0 Å². The van der Waals surface area contributed by atoms with Gasteiger partial charge in [0.15, 0.2) is 0 Å². The summed E-state index contributed by atoms with van der Waals surface area (Å²) < 4.78 is 0. The fourth-order valence-corrected chi connectivity index (χ4v) is 1.49. The van der Waals surface area contributed by atoms with Crippen molar-refractivity contribution in [3.63, 3.8) is 0 Å². The number of aromatic carboxylic acids is 1. The van der Waals surface area contributed by atoms with Gasteiger partial charge in [0.25, 0.3) is 0 Å². The van der Waals surface area contributed by atoms with Crippen LogP contribution in [0, 0.1) is 6.92 Å². The molecule has 2 aromatic rings. The molecule has 19 heavy (non-hydrogen) atoms. The number of halogens is 1. The Morgan fingerprint density at radius 2 is 1.74 bits per heavy atom. The Morgan fingerprint density at radius 3 is 2.16 bits per heavy atom. The number of rotatable bonds is 2. The minimum Gasteiger partial charge on any atom is -0.478 e. The van der Waals surface area contributed by atoms with E-state index in [0.29, 0.717) is 5.88 Å². The minimum atomic E-state index is -0.919. The van der Waals surface area contributed by atoms with E-state index in [1.165, 1.54) is 5.56 Å². The van der Waals surface area contributed by atoms with Crippen LogP contribution in [0.4, 0.5) is 0 Å². The van der Waals surface area contributed by atoms with Crippen molar-refractivity contribution in [1.82, 2.24) is 0 Å². The predicted molar refractivity (Wildman–Crippen MR) is 79.9 cm³/mol. The Bertz CT molecular complexity index is 501. The Morgan fingerprint density at radius 1 is 1.11 bits per heavy atom. The van der Waals surface area contributed by atoms with Gasteiger partial charge in [-0.1, -0.05) is 48.0 Å². The molecule has 0 unspecified atom stereocenters. The third-order valence-corrected chi connectivity index (χ3v) is 2.58. The van der Waals surface area contributed by atoms with Gasteiger partial charge in [-0.05, 0) is 24.6 Å². The standard InChI is InChI=1S/C8H7ClO2.C7H8.Na/c9-5-6-2-1-3-7(4-6)8(10)11;1-7-5-3-2-4-6-7;/h1-4H,5H2,(H,10,11);2-6H,1H3;. The third-order valence-electron chi connectivity index (χ3n) is 2.27. The second kappa shape index (κ2) is 10.0. The van der Waals surface area contributed by atoms with Gasteiger partial charge >= 0.3 is 5.97 Å². The number of hydrogen-bond donors (Lipinski definition) is 1. The van der Waals surface area contributed by atoms with Gasteiger partial charge < -0.3 is 5.11 Å². The molecule has 2 aromatic carbocycles. The van der Waals surface area contributed by atoms with Crippen LogP contribution in [0.15, 0.2) is 54.6 Å². The van der Waals surface area contributed by atoms with E-state index < -0.39 is 5.97 Å². The molecule has 0 fully saturated rings. The number of benzene rings is 2. The summed E-state index contributed by atoms with van der Waals surface area (Å²) in [5, 5.41) is 8.56. The van der Waals surface area contributed by atoms with Crippen LogP contribution in [0.25, 0.3) is 0 Å². The van der Waals surface area contributed by atoms with E-state index in [0.717, 1.165) is 5.56 Å². The normalized spacial score (nSPS) is 8.74. The van der Waals surface area contributed by atoms with E-state index in [1.807, 2.05) is 18.2 Å². The monoisotopic (exact) mass is 285 g/mol. The van der Waals surface area contributed by atoms with Crippen molar-refractivity contribution in [2.75, 3.05) is 0 Å². The van der Waals surface area contributed by atoms with Crippen molar-refractivity contribution in [1.29, 1.82) is 0 Å². The Labute approximate surface area is 140 Å². The zero-order chi connectivity index (χ0) is 13.4. The van der Waals surface area contributed by atoms with E-state index >= 15 is 0 Å². The van der Waals surface area contributed by atoms with E-state index in [4.69, 9.17) is 16.7 Å². The van der Waals surface area contributed by atoms with Crippen LogP contribution in [-0.2, 0) is 5.88 Å². The Hall–Kier alpha value is -0.800. The molecule has 4 heteroatoms. The molecule has 0 aliphatic carbocycles. The fraction of sp³-hybridized carbons (Fsp3) is 0.133. The van der Waals surface area contributed by atoms with Crippen LogP contribution in [0.1, 0.15) is 21.5 Å². The summed E-state index contributed by atoms with van der Waals surface area (Å²) in [6.45, 7) is 2.08. The van der Waals surface area contributed by atoms with Gasteiger partial charge in [-0.2, -0.15) is 0 Å². The predicted octanol–water partition coefficient (Wildman–Crippen LogP) is 3.74. The first kappa shape index (κ1) is 18.2. The van der Waals surface area contributed by atoms with Gasteiger partial charge in [-0.15, -0.1) is 11.6 Å². The zero-order valence-electron chi connectivity index (χ0n) is 11.1. The number of hydrogen-bond acceptors (Lipinski definition) is 1. The third kappa shape index (κ3) is 7.38. The van der Waals surface area contributed by atoms with E-state index in [9.17, 15) is 4.79 Å². The maximum Gasteiger partial charge on any atom is 0.335 e. The molecule has 2 nitrogen and oxygen atoms in total. The molecule has 2 rings (SSSR count). The molecule has 0 amide bonds. The summed E-state index contributed by atoms with van der Waals surface area (Å²) in [5.41, 5.74) is 2.43. The first-order valence-corrected chi connectivity index (χ1v) is 6.07. The number of aryl methyl sites for hydroxylation is 1. The first-order chi connectivity index (χ1) is 8.63. The number of carboxylic acid groups (broad SMARTS) is 1. The van der Waals surface area contributed by atoms with Crippen molar-refractivity contribution in [2.45, 2.75) is 12.8 Å². The second-order valence-corrected chi connectivity index (χ2v) is 4.06. The Kier molecular flexibility index (Phi) is 9.62. The maximum absolute atomic E-state index is 10.4. The molecule has 0 aliphatic heterocycles. The van der Waals surface area contributed by atoms with Crippen LogP contribution in [-0.4, -0.2) is 40.6 Å². The molecule has 0 aliphatic rings. The second-order valence-electron chi connectivity index (χ2n) is 3.79. The zero-order valence-corrected chi connectivity index (χ0v) is 13.9. The van der Waals surface area contributed by atoms with Crippen molar-refractivity contribution in [2.24, 2.45) is 0 Å². The van der Waals surface area contributed by atoms with Crippen molar-refractivity contribution < 1.29 is 9.90 Å². The van der Waals surface area contributed by atoms with E-state index in [1.54, 1.807) is 24.3 Å². The summed E-state index contributed by atoms with van der Waals surface area (Å²) in [6, 6.07) is 16.8. The van der Waals surface area contributed by atoms with Crippen LogP contribution in [0.3, 0.4) is 0 Å². The molecule has 0 heterocycles. The Balaban J connectivity index is 0.000000352. The molecule has 0 aromatic heterocycles. The van der Waals surface area contributed by atoms with Gasteiger partial charge in [-0.3, -0.25) is 0 Å². The van der Waals surface area contributed by atoms with E-state index in [-0.39, 0.29) is 35.1 Å². The topological polar surface area (TPSA) is 37.3 Å². The van der Waals surface area contributed by atoms with Crippen LogP contribution < -0.4 is 0 Å². The van der Waals surface area contributed by atoms with E-state index in [2.05, 4.69) is 19.1 Å². The molecule has 1 radical (unpaired) electrons. The van der Waals surface area contributed by atoms with Gasteiger partial charge in [-0.25, -0.2) is 4.79 Å². The van der Waals surface area contributed by atoms with Crippen molar-refractivity contribution in [3.05, 3.63) is 71.3 Å². The average Bonchev–Trinajstić information content (AvgIpc) is 2.40. The summed E-state index contributed by atoms with van der Waals surface area (Å²) in [7, 11) is 0. The largest absolute Gasteiger partial charge is 0.478 e. The summed E-state index contributed by atoms with van der Waals surface area (Å²) in [4.78, 5) is 10.4. The molecule has 0 bridgehead atoms. The molecule has 0 saturated heterocycles. The molecule has 0 atom stereocenters. The number of carboxylic acids is 1. The molecule has 95 valence electrons. The SMILES string of the molecule is Cc1ccccc1.O=C(O)c1cccc(CCl)c1.[Na]. The van der Waals surface area contributed by atoms with Crippen LogP contribution >= 0.6 is 11.6 Å². The summed E-state index contributed by atoms with van der Waals surface area (Å²) >= 11 is 5.51. The fourth-order valence-electron chi connectivity index (χ4n) is 1.32. The molecule has 0 spiro atoms. The van der Waals surface area contributed by atoms with Crippen LogP contribution in [0.5, 0.6) is 0 Å². The summed E-state index contributed by atoms with van der Waals surface area (Å²) in [6.07, 6.45) is 0. The quantitative estimate of drug-likeness (QED) is 0.674.